The summed E-state index contributed by atoms with van der Waals surface area (Å²) in [6.07, 6.45) is -0.717. The third-order valence-corrected chi connectivity index (χ3v) is 2.97. The summed E-state index contributed by atoms with van der Waals surface area (Å²) in [5.74, 6) is 0.195. The van der Waals surface area contributed by atoms with Gasteiger partial charge in [0.15, 0.2) is 0 Å². The lowest BCUT2D eigenvalue weighted by Gasteiger charge is -2.28. The van der Waals surface area contributed by atoms with Gasteiger partial charge in [-0.1, -0.05) is 0 Å². The molecule has 0 radical (unpaired) electrons. The van der Waals surface area contributed by atoms with Crippen molar-refractivity contribution in [2.45, 2.75) is 19.1 Å². The Morgan fingerprint density at radius 1 is 1.50 bits per heavy atom. The molecule has 1 heterocycles. The molecule has 0 aliphatic carbocycles. The predicted molar refractivity (Wildman–Crippen MR) is 53.7 cm³/mol. The molecule has 0 saturated carbocycles. The van der Waals surface area contributed by atoms with Gasteiger partial charge in [-0.25, -0.2) is 0 Å². The average Bonchev–Trinajstić information content (AvgIpc) is 2.11. The number of hydrogen-bond acceptors (Lipinski definition) is 5. The molecule has 0 aromatic heterocycles. The second-order valence-corrected chi connectivity index (χ2v) is 4.28. The number of hydrogen-bond donors (Lipinski definition) is 2. The van der Waals surface area contributed by atoms with E-state index in [1.54, 1.807) is 0 Å². The number of nitrogens with zero attached hydrogens (tertiary/aromatic N) is 1. The van der Waals surface area contributed by atoms with E-state index in [9.17, 15) is 9.59 Å². The Kier molecular flexibility index (Phi) is 3.91. The number of amides is 2. The highest BCUT2D eigenvalue weighted by molar-refractivity contribution is 8.00. The van der Waals surface area contributed by atoms with Crippen molar-refractivity contribution in [1.82, 2.24) is 4.90 Å². The van der Waals surface area contributed by atoms with E-state index < -0.39 is 12.1 Å². The van der Waals surface area contributed by atoms with Gasteiger partial charge in [0.05, 0.1) is 17.6 Å². The predicted octanol–water partition coefficient (Wildman–Crippen LogP) is -1.20. The number of imide groups is 1. The molecule has 2 unspecified atom stereocenters. The molecule has 1 saturated heterocycles. The highest BCUT2D eigenvalue weighted by atomic mass is 32.2. The summed E-state index contributed by atoms with van der Waals surface area (Å²) in [6.45, 7) is 1.65. The fourth-order valence-corrected chi connectivity index (χ4v) is 1.85. The lowest BCUT2D eigenvalue weighted by molar-refractivity contribution is -0.142. The van der Waals surface area contributed by atoms with Crippen LogP contribution in [-0.2, 0) is 9.59 Å². The van der Waals surface area contributed by atoms with E-state index >= 15 is 0 Å². The summed E-state index contributed by atoms with van der Waals surface area (Å²) < 4.78 is 0. The molecule has 1 aliphatic rings. The van der Waals surface area contributed by atoms with Crippen molar-refractivity contribution in [3.63, 3.8) is 0 Å². The first kappa shape index (κ1) is 11.5. The van der Waals surface area contributed by atoms with Crippen molar-refractivity contribution in [2.75, 3.05) is 18.1 Å². The van der Waals surface area contributed by atoms with Crippen LogP contribution in [0.15, 0.2) is 0 Å². The minimum Gasteiger partial charge on any atom is -0.392 e. The fourth-order valence-electron chi connectivity index (χ4n) is 1.09. The molecule has 1 rings (SSSR count). The summed E-state index contributed by atoms with van der Waals surface area (Å²) in [4.78, 5) is 23.8. The minimum absolute atomic E-state index is 0.107. The molecule has 0 aromatic rings. The smallest absolute Gasteiger partial charge is 0.239 e. The van der Waals surface area contributed by atoms with Crippen LogP contribution < -0.4 is 5.73 Å². The number of thioether (sulfide) groups is 1. The van der Waals surface area contributed by atoms with Crippen LogP contribution in [-0.4, -0.2) is 52.0 Å². The highest BCUT2D eigenvalue weighted by Gasteiger charge is 2.28. The summed E-state index contributed by atoms with van der Waals surface area (Å²) in [5, 5.41) is 9.14. The first-order valence-electron chi connectivity index (χ1n) is 4.37. The first-order chi connectivity index (χ1) is 6.52. The Balaban J connectivity index is 2.56. The van der Waals surface area contributed by atoms with E-state index in [0.717, 1.165) is 4.90 Å². The second-order valence-electron chi connectivity index (χ2n) is 3.30. The van der Waals surface area contributed by atoms with Crippen LogP contribution >= 0.6 is 11.8 Å². The quantitative estimate of drug-likeness (QED) is 0.581. The molecule has 80 valence electrons. The zero-order valence-corrected chi connectivity index (χ0v) is 8.79. The number of nitrogens with two attached hydrogens (primary N) is 1. The third-order valence-electron chi connectivity index (χ3n) is 2.07. The molecule has 14 heavy (non-hydrogen) atoms. The second kappa shape index (κ2) is 4.77. The van der Waals surface area contributed by atoms with E-state index in [1.165, 1.54) is 18.7 Å². The van der Waals surface area contributed by atoms with Gasteiger partial charge in [0.1, 0.15) is 0 Å². The normalized spacial score (nSPS) is 22.4. The molecule has 1 aliphatic heterocycles. The molecule has 0 aromatic carbocycles. The molecule has 3 N–H and O–H groups in total. The number of carbonyl (C=O) groups is 2. The number of carbonyl (C=O) groups excluding carboxylic acids is 2. The molecule has 1 fully saturated rings. The van der Waals surface area contributed by atoms with E-state index in [0.29, 0.717) is 11.5 Å². The van der Waals surface area contributed by atoms with Gasteiger partial charge in [0.2, 0.25) is 11.8 Å². The molecule has 0 bridgehead atoms. The van der Waals surface area contributed by atoms with Gasteiger partial charge in [0, 0.05) is 12.6 Å². The number of rotatable bonds is 3. The molecule has 2 amide bonds. The van der Waals surface area contributed by atoms with Gasteiger partial charge in [-0.05, 0) is 6.92 Å². The molecule has 5 nitrogen and oxygen atoms in total. The van der Waals surface area contributed by atoms with Crippen molar-refractivity contribution in [3.05, 3.63) is 0 Å². The lowest BCUT2D eigenvalue weighted by atomic mass is 10.2. The Morgan fingerprint density at radius 2 is 2.00 bits per heavy atom. The fraction of sp³-hybridized carbons (Fsp3) is 0.750. The van der Waals surface area contributed by atoms with E-state index in [1.807, 2.05) is 0 Å². The first-order valence-corrected chi connectivity index (χ1v) is 5.52. The van der Waals surface area contributed by atoms with Crippen LogP contribution in [0.2, 0.25) is 0 Å². The average molecular weight is 218 g/mol. The Bertz CT molecular complexity index is 229. The molecule has 6 heteroatoms. The van der Waals surface area contributed by atoms with Crippen molar-refractivity contribution in [3.8, 4) is 0 Å². The minimum atomic E-state index is -0.717. The van der Waals surface area contributed by atoms with E-state index in [2.05, 4.69) is 0 Å². The standard InChI is InChI=1S/C8H14N2O3S/c1-5(11)6(9)2-10-7(12)3-14-4-8(10)13/h5-6,11H,2-4,9H2,1H3. The van der Waals surface area contributed by atoms with Gasteiger partial charge in [-0.3, -0.25) is 14.5 Å². The van der Waals surface area contributed by atoms with Gasteiger partial charge in [-0.2, -0.15) is 0 Å². The highest BCUT2D eigenvalue weighted by Crippen LogP contribution is 2.12. The zero-order valence-electron chi connectivity index (χ0n) is 7.97. The van der Waals surface area contributed by atoms with E-state index in [4.69, 9.17) is 10.8 Å². The molecular weight excluding hydrogens is 204 g/mol. The van der Waals surface area contributed by atoms with Crippen molar-refractivity contribution in [2.24, 2.45) is 5.73 Å². The van der Waals surface area contributed by atoms with Gasteiger partial charge < -0.3 is 10.8 Å². The topological polar surface area (TPSA) is 83.6 Å². The molecular formula is C8H14N2O3S. The summed E-state index contributed by atoms with van der Waals surface area (Å²) in [6, 6.07) is -0.564. The van der Waals surface area contributed by atoms with E-state index in [-0.39, 0.29) is 18.4 Å². The van der Waals surface area contributed by atoms with Crippen molar-refractivity contribution < 1.29 is 14.7 Å². The maximum Gasteiger partial charge on any atom is 0.239 e. The van der Waals surface area contributed by atoms with Crippen LogP contribution in [0.1, 0.15) is 6.92 Å². The molecule has 2 atom stereocenters. The summed E-state index contributed by atoms with van der Waals surface area (Å²) in [7, 11) is 0. The van der Waals surface area contributed by atoms with Crippen molar-refractivity contribution in [1.29, 1.82) is 0 Å². The third kappa shape index (κ3) is 2.70. The van der Waals surface area contributed by atoms with Gasteiger partial charge in [-0.15, -0.1) is 11.8 Å². The van der Waals surface area contributed by atoms with Crippen LogP contribution in [0.5, 0.6) is 0 Å². The largest absolute Gasteiger partial charge is 0.392 e. The summed E-state index contributed by atoms with van der Waals surface area (Å²) in [5.41, 5.74) is 5.57. The Morgan fingerprint density at radius 3 is 2.43 bits per heavy atom. The molecule has 0 spiro atoms. The SMILES string of the molecule is CC(O)C(N)CN1C(=O)CSCC1=O. The number of aliphatic hydroxyl groups is 1. The maximum absolute atomic E-state index is 11.3. The van der Waals surface area contributed by atoms with Crippen LogP contribution in [0, 0.1) is 0 Å². The lowest BCUT2D eigenvalue weighted by Crippen LogP contribution is -2.51. The number of aliphatic hydroxyl groups excluding tert-OH is 1. The zero-order chi connectivity index (χ0) is 10.7. The van der Waals surface area contributed by atoms with Crippen LogP contribution in [0.25, 0.3) is 0 Å². The van der Waals surface area contributed by atoms with Crippen LogP contribution in [0.3, 0.4) is 0 Å². The Hall–Kier alpha value is -0.590. The van der Waals surface area contributed by atoms with Gasteiger partial charge in [0.25, 0.3) is 0 Å². The van der Waals surface area contributed by atoms with Gasteiger partial charge >= 0.3 is 0 Å². The monoisotopic (exact) mass is 218 g/mol. The van der Waals surface area contributed by atoms with Crippen LogP contribution in [0.4, 0.5) is 0 Å². The maximum atomic E-state index is 11.3. The summed E-state index contributed by atoms with van der Waals surface area (Å²) >= 11 is 1.31. The van der Waals surface area contributed by atoms with Crippen molar-refractivity contribution >= 4 is 23.6 Å². The Labute approximate surface area is 86.6 Å².